The summed E-state index contributed by atoms with van der Waals surface area (Å²) < 4.78 is 2.60. The highest BCUT2D eigenvalue weighted by Crippen LogP contribution is 2.32. The van der Waals surface area contributed by atoms with Crippen LogP contribution in [0.15, 0.2) is 53.0 Å². The molecule has 0 radical (unpaired) electrons. The van der Waals surface area contributed by atoms with E-state index in [-0.39, 0.29) is 0 Å². The summed E-state index contributed by atoms with van der Waals surface area (Å²) in [5.74, 6) is 0.641. The van der Waals surface area contributed by atoms with Gasteiger partial charge in [0, 0.05) is 15.6 Å². The van der Waals surface area contributed by atoms with E-state index in [9.17, 15) is 0 Å². The summed E-state index contributed by atoms with van der Waals surface area (Å²) in [6.45, 7) is 1.97. The number of para-hydroxylation sites is 1. The second kappa shape index (κ2) is 5.54. The summed E-state index contributed by atoms with van der Waals surface area (Å²) >= 11 is 9.48. The second-order valence-electron chi connectivity index (χ2n) is 4.74. The Kier molecular flexibility index (Phi) is 3.74. The van der Waals surface area contributed by atoms with Gasteiger partial charge in [-0.25, -0.2) is 4.68 Å². The number of nitrogens with zero attached hydrogens (tertiary/aromatic N) is 2. The summed E-state index contributed by atoms with van der Waals surface area (Å²) in [7, 11) is 0. The number of nitrogen functional groups attached to an aromatic ring is 1. The van der Waals surface area contributed by atoms with Gasteiger partial charge in [-0.05, 0) is 47.1 Å². The molecular weight excluding hydrogens is 350 g/mol. The Morgan fingerprint density at radius 1 is 1.14 bits per heavy atom. The topological polar surface area (TPSA) is 43.8 Å². The Morgan fingerprint density at radius 3 is 2.52 bits per heavy atom. The number of benzene rings is 2. The number of hydrogen-bond acceptors (Lipinski definition) is 2. The Balaban J connectivity index is 2.15. The predicted octanol–water partition coefficient (Wildman–Crippen LogP) is 4.85. The highest BCUT2D eigenvalue weighted by atomic mass is 79.9. The van der Waals surface area contributed by atoms with Crippen molar-refractivity contribution in [2.75, 3.05) is 5.73 Å². The second-order valence-corrected chi connectivity index (χ2v) is 6.00. The van der Waals surface area contributed by atoms with Crippen molar-refractivity contribution in [1.82, 2.24) is 9.78 Å². The molecule has 0 saturated carbocycles. The predicted molar refractivity (Wildman–Crippen MR) is 90.9 cm³/mol. The SMILES string of the molecule is Cc1c(-c2ccc(Cl)c(Br)c2)nn(-c2ccccc2)c1N. The van der Waals surface area contributed by atoms with Crippen LogP contribution in [0, 0.1) is 6.92 Å². The van der Waals surface area contributed by atoms with Crippen LogP contribution < -0.4 is 5.73 Å². The van der Waals surface area contributed by atoms with Crippen molar-refractivity contribution in [3.8, 4) is 16.9 Å². The van der Waals surface area contributed by atoms with Crippen molar-refractivity contribution in [2.24, 2.45) is 0 Å². The van der Waals surface area contributed by atoms with Crippen molar-refractivity contribution in [1.29, 1.82) is 0 Å². The number of halogens is 2. The van der Waals surface area contributed by atoms with E-state index in [1.807, 2.05) is 55.5 Å². The maximum atomic E-state index is 6.20. The van der Waals surface area contributed by atoms with Gasteiger partial charge >= 0.3 is 0 Å². The van der Waals surface area contributed by atoms with Crippen LogP contribution in [0.1, 0.15) is 5.56 Å². The van der Waals surface area contributed by atoms with Crippen LogP contribution in [0.2, 0.25) is 5.02 Å². The maximum absolute atomic E-state index is 6.20. The van der Waals surface area contributed by atoms with Gasteiger partial charge in [0.25, 0.3) is 0 Å². The average Bonchev–Trinajstić information content (AvgIpc) is 2.79. The molecule has 5 heteroatoms. The summed E-state index contributed by atoms with van der Waals surface area (Å²) in [6.07, 6.45) is 0. The van der Waals surface area contributed by atoms with Gasteiger partial charge in [-0.15, -0.1) is 0 Å². The van der Waals surface area contributed by atoms with Crippen LogP contribution in [-0.2, 0) is 0 Å². The molecular formula is C16H13BrClN3. The Labute approximate surface area is 136 Å². The molecule has 3 rings (SSSR count). The lowest BCUT2D eigenvalue weighted by Crippen LogP contribution is -2.01. The molecule has 1 heterocycles. The lowest BCUT2D eigenvalue weighted by molar-refractivity contribution is 0.895. The number of rotatable bonds is 2. The van der Waals surface area contributed by atoms with E-state index in [1.54, 1.807) is 4.68 Å². The molecule has 0 atom stereocenters. The normalized spacial score (nSPS) is 10.8. The summed E-state index contributed by atoms with van der Waals surface area (Å²) in [5.41, 5.74) is 9.93. The first-order chi connectivity index (χ1) is 10.1. The molecule has 2 aromatic carbocycles. The molecule has 0 saturated heterocycles. The first-order valence-corrected chi connectivity index (χ1v) is 7.61. The van der Waals surface area contributed by atoms with E-state index in [1.165, 1.54) is 0 Å². The molecule has 0 aliphatic heterocycles. The molecule has 0 fully saturated rings. The van der Waals surface area contributed by atoms with Gasteiger partial charge in [0.2, 0.25) is 0 Å². The summed E-state index contributed by atoms with van der Waals surface area (Å²) in [4.78, 5) is 0. The Hall–Kier alpha value is -1.78. The molecule has 0 aliphatic rings. The fourth-order valence-electron chi connectivity index (χ4n) is 2.19. The van der Waals surface area contributed by atoms with Crippen LogP contribution in [0.25, 0.3) is 16.9 Å². The molecule has 3 nitrogen and oxygen atoms in total. The van der Waals surface area contributed by atoms with Crippen molar-refractivity contribution in [3.05, 3.63) is 63.6 Å². The van der Waals surface area contributed by atoms with Crippen LogP contribution in [0.3, 0.4) is 0 Å². The zero-order valence-corrected chi connectivity index (χ0v) is 13.7. The van der Waals surface area contributed by atoms with Crippen LogP contribution in [0.4, 0.5) is 5.82 Å². The van der Waals surface area contributed by atoms with Crippen LogP contribution >= 0.6 is 27.5 Å². The monoisotopic (exact) mass is 361 g/mol. The summed E-state index contributed by atoms with van der Waals surface area (Å²) in [5, 5.41) is 5.32. The van der Waals surface area contributed by atoms with E-state index in [0.29, 0.717) is 10.8 Å². The molecule has 2 N–H and O–H groups in total. The van der Waals surface area contributed by atoms with Crippen molar-refractivity contribution in [2.45, 2.75) is 6.92 Å². The lowest BCUT2D eigenvalue weighted by Gasteiger charge is -2.03. The van der Waals surface area contributed by atoms with Gasteiger partial charge in [0.05, 0.1) is 16.4 Å². The number of nitrogens with two attached hydrogens (primary N) is 1. The van der Waals surface area contributed by atoms with Crippen LogP contribution in [-0.4, -0.2) is 9.78 Å². The number of anilines is 1. The highest BCUT2D eigenvalue weighted by Gasteiger charge is 2.15. The zero-order valence-electron chi connectivity index (χ0n) is 11.3. The molecule has 0 bridgehead atoms. The fourth-order valence-corrected chi connectivity index (χ4v) is 2.69. The number of aromatic nitrogens is 2. The van der Waals surface area contributed by atoms with Crippen molar-refractivity contribution in [3.63, 3.8) is 0 Å². The van der Waals surface area contributed by atoms with Gasteiger partial charge in [0.15, 0.2) is 0 Å². The Bertz CT molecular complexity index is 797. The molecule has 0 unspecified atom stereocenters. The molecule has 3 aromatic rings. The zero-order chi connectivity index (χ0) is 15.0. The maximum Gasteiger partial charge on any atom is 0.130 e. The van der Waals surface area contributed by atoms with Crippen molar-refractivity contribution < 1.29 is 0 Å². The molecule has 106 valence electrons. The third-order valence-corrected chi connectivity index (χ3v) is 4.58. The minimum atomic E-state index is 0.641. The Morgan fingerprint density at radius 2 is 1.86 bits per heavy atom. The third-order valence-electron chi connectivity index (χ3n) is 3.36. The van der Waals surface area contributed by atoms with Crippen molar-refractivity contribution >= 4 is 33.3 Å². The molecule has 0 amide bonds. The first kappa shape index (κ1) is 14.2. The minimum absolute atomic E-state index is 0.641. The smallest absolute Gasteiger partial charge is 0.130 e. The van der Waals surface area contributed by atoms with Gasteiger partial charge in [-0.1, -0.05) is 35.9 Å². The van der Waals surface area contributed by atoms with E-state index >= 15 is 0 Å². The van der Waals surface area contributed by atoms with Gasteiger partial charge in [0.1, 0.15) is 5.82 Å². The fraction of sp³-hybridized carbons (Fsp3) is 0.0625. The standard InChI is InChI=1S/C16H13BrClN3/c1-10-15(11-7-8-14(18)13(17)9-11)20-21(16(10)19)12-5-3-2-4-6-12/h2-9H,19H2,1H3. The minimum Gasteiger partial charge on any atom is -0.383 e. The average molecular weight is 363 g/mol. The van der Waals surface area contributed by atoms with Gasteiger partial charge in [-0.3, -0.25) is 0 Å². The van der Waals surface area contributed by atoms with E-state index in [4.69, 9.17) is 17.3 Å². The van der Waals surface area contributed by atoms with E-state index in [2.05, 4.69) is 21.0 Å². The van der Waals surface area contributed by atoms with Gasteiger partial charge < -0.3 is 5.73 Å². The summed E-state index contributed by atoms with van der Waals surface area (Å²) in [6, 6.07) is 15.6. The molecule has 21 heavy (non-hydrogen) atoms. The first-order valence-electron chi connectivity index (χ1n) is 6.44. The largest absolute Gasteiger partial charge is 0.383 e. The van der Waals surface area contributed by atoms with Crippen LogP contribution in [0.5, 0.6) is 0 Å². The van der Waals surface area contributed by atoms with E-state index < -0.39 is 0 Å². The quantitative estimate of drug-likeness (QED) is 0.708. The van der Waals surface area contributed by atoms with E-state index in [0.717, 1.165) is 27.0 Å². The third kappa shape index (κ3) is 2.57. The number of hydrogen-bond donors (Lipinski definition) is 1. The molecule has 0 aliphatic carbocycles. The lowest BCUT2D eigenvalue weighted by atomic mass is 10.1. The van der Waals surface area contributed by atoms with Gasteiger partial charge in [-0.2, -0.15) is 5.10 Å². The highest BCUT2D eigenvalue weighted by molar-refractivity contribution is 9.10. The molecule has 1 aromatic heterocycles. The molecule has 0 spiro atoms.